The number of allylic oxidation sites excluding steroid dienone is 2. The van der Waals surface area contributed by atoms with Gasteiger partial charge in [0.15, 0.2) is 6.61 Å². The summed E-state index contributed by atoms with van der Waals surface area (Å²) < 4.78 is 5.49. The van der Waals surface area contributed by atoms with E-state index in [0.29, 0.717) is 24.3 Å². The number of ether oxygens (including phenoxy) is 1. The maximum absolute atomic E-state index is 11.9. The van der Waals surface area contributed by atoms with Crippen LogP contribution in [0.4, 0.5) is 4.79 Å². The predicted octanol–water partition coefficient (Wildman–Crippen LogP) is 2.54. The average molecular weight is 371 g/mol. The number of benzene rings is 1. The third-order valence-corrected chi connectivity index (χ3v) is 4.86. The Hall–Kier alpha value is -2.50. The lowest BCUT2D eigenvalue weighted by molar-refractivity contribution is -0.123. The first-order chi connectivity index (χ1) is 13.2. The first kappa shape index (κ1) is 19.3. The molecule has 0 radical (unpaired) electrons. The van der Waals surface area contributed by atoms with Crippen LogP contribution in [0.3, 0.4) is 0 Å². The topological polar surface area (TPSA) is 79.5 Å². The summed E-state index contributed by atoms with van der Waals surface area (Å²) >= 11 is 0. The Morgan fingerprint density at radius 2 is 1.85 bits per heavy atom. The maximum Gasteiger partial charge on any atom is 0.314 e. The smallest absolute Gasteiger partial charge is 0.314 e. The number of rotatable bonds is 9. The van der Waals surface area contributed by atoms with Crippen LogP contribution >= 0.6 is 0 Å². The molecule has 0 bridgehead atoms. The number of hydrogen-bond donors (Lipinski definition) is 3. The Morgan fingerprint density at radius 3 is 2.56 bits per heavy atom. The molecule has 2 aliphatic carbocycles. The third kappa shape index (κ3) is 7.33. The molecular formula is C21H29N3O3. The molecule has 0 saturated heterocycles. The van der Waals surface area contributed by atoms with E-state index in [1.165, 1.54) is 0 Å². The first-order valence-corrected chi connectivity index (χ1v) is 9.87. The molecular weight excluding hydrogens is 342 g/mol. The monoisotopic (exact) mass is 371 g/mol. The molecule has 0 heterocycles. The molecule has 1 aromatic rings. The van der Waals surface area contributed by atoms with Crippen molar-refractivity contribution in [2.24, 2.45) is 5.92 Å². The standard InChI is InChI=1S/C21H29N3O3/c25-20(24-18-8-9-18)15-27-19-10-6-16(7-11-19)12-13-22-21(26)23-14-17-4-2-1-3-5-17/h1-2,6-7,10-11,17-18H,3-5,8-9,12-15H2,(H,24,25)(H2,22,23,26). The molecule has 0 aromatic heterocycles. The van der Waals surface area contributed by atoms with Crippen molar-refractivity contribution in [3.8, 4) is 5.75 Å². The minimum atomic E-state index is -0.105. The molecule has 1 unspecified atom stereocenters. The van der Waals surface area contributed by atoms with Gasteiger partial charge in [-0.2, -0.15) is 0 Å². The highest BCUT2D eigenvalue weighted by Gasteiger charge is 2.23. The Bertz CT molecular complexity index is 653. The van der Waals surface area contributed by atoms with Crippen molar-refractivity contribution in [1.82, 2.24) is 16.0 Å². The Kier molecular flexibility index (Phi) is 7.13. The lowest BCUT2D eigenvalue weighted by Crippen LogP contribution is -2.39. The van der Waals surface area contributed by atoms with Crippen molar-refractivity contribution in [3.63, 3.8) is 0 Å². The van der Waals surface area contributed by atoms with Gasteiger partial charge in [-0.15, -0.1) is 0 Å². The molecule has 1 saturated carbocycles. The fraction of sp³-hybridized carbons (Fsp3) is 0.524. The summed E-state index contributed by atoms with van der Waals surface area (Å²) in [6.07, 6.45) is 10.6. The second-order valence-corrected chi connectivity index (χ2v) is 7.31. The molecule has 0 aliphatic heterocycles. The summed E-state index contributed by atoms with van der Waals surface area (Å²) in [7, 11) is 0. The van der Waals surface area contributed by atoms with Gasteiger partial charge in [0.1, 0.15) is 5.75 Å². The molecule has 1 aromatic carbocycles. The number of carbonyl (C=O) groups excluding carboxylic acids is 2. The molecule has 2 aliphatic rings. The Balaban J connectivity index is 1.28. The highest BCUT2D eigenvalue weighted by molar-refractivity contribution is 5.78. The second-order valence-electron chi connectivity index (χ2n) is 7.31. The van der Waals surface area contributed by atoms with Crippen LogP contribution in [0.5, 0.6) is 5.75 Å². The van der Waals surface area contributed by atoms with Gasteiger partial charge in [0.2, 0.25) is 0 Å². The number of urea groups is 1. The minimum absolute atomic E-state index is 0.0500. The van der Waals surface area contributed by atoms with E-state index in [1.807, 2.05) is 24.3 Å². The van der Waals surface area contributed by atoms with Gasteiger partial charge in [0, 0.05) is 19.1 Å². The van der Waals surface area contributed by atoms with Gasteiger partial charge >= 0.3 is 6.03 Å². The van der Waals surface area contributed by atoms with Crippen LogP contribution in [-0.4, -0.2) is 37.7 Å². The van der Waals surface area contributed by atoms with Crippen molar-refractivity contribution >= 4 is 11.9 Å². The highest BCUT2D eigenvalue weighted by Crippen LogP contribution is 2.19. The predicted molar refractivity (Wildman–Crippen MR) is 105 cm³/mol. The van der Waals surface area contributed by atoms with E-state index in [0.717, 1.165) is 50.6 Å². The Labute approximate surface area is 160 Å². The first-order valence-electron chi connectivity index (χ1n) is 9.87. The van der Waals surface area contributed by atoms with Crippen LogP contribution in [0, 0.1) is 5.92 Å². The molecule has 1 fully saturated rings. The largest absolute Gasteiger partial charge is 0.484 e. The quantitative estimate of drug-likeness (QED) is 0.584. The van der Waals surface area contributed by atoms with Gasteiger partial charge in [-0.25, -0.2) is 4.79 Å². The zero-order valence-corrected chi connectivity index (χ0v) is 15.7. The van der Waals surface area contributed by atoms with Gasteiger partial charge in [0.25, 0.3) is 5.91 Å². The van der Waals surface area contributed by atoms with Crippen LogP contribution in [0.25, 0.3) is 0 Å². The van der Waals surface area contributed by atoms with E-state index in [4.69, 9.17) is 4.74 Å². The number of carbonyl (C=O) groups is 2. The van der Waals surface area contributed by atoms with Gasteiger partial charge in [-0.05, 0) is 62.1 Å². The normalized spacial score (nSPS) is 18.6. The van der Waals surface area contributed by atoms with Gasteiger partial charge in [0.05, 0.1) is 0 Å². The van der Waals surface area contributed by atoms with Crippen LogP contribution in [-0.2, 0) is 11.2 Å². The van der Waals surface area contributed by atoms with Crippen molar-refractivity contribution in [3.05, 3.63) is 42.0 Å². The van der Waals surface area contributed by atoms with Crippen LogP contribution in [0.15, 0.2) is 36.4 Å². The summed E-state index contributed by atoms with van der Waals surface area (Å²) in [5.74, 6) is 1.16. The fourth-order valence-corrected chi connectivity index (χ4v) is 3.06. The van der Waals surface area contributed by atoms with Gasteiger partial charge in [-0.1, -0.05) is 24.3 Å². The number of amides is 3. The lowest BCUT2D eigenvalue weighted by Gasteiger charge is -2.18. The molecule has 6 heteroatoms. The number of hydrogen-bond acceptors (Lipinski definition) is 3. The van der Waals surface area contributed by atoms with E-state index in [9.17, 15) is 9.59 Å². The molecule has 146 valence electrons. The van der Waals surface area contributed by atoms with E-state index in [1.54, 1.807) is 0 Å². The molecule has 27 heavy (non-hydrogen) atoms. The summed E-state index contributed by atoms with van der Waals surface area (Å²) in [5, 5.41) is 8.74. The third-order valence-electron chi connectivity index (χ3n) is 4.86. The highest BCUT2D eigenvalue weighted by atomic mass is 16.5. The van der Waals surface area contributed by atoms with Crippen LogP contribution in [0.1, 0.15) is 37.7 Å². The van der Waals surface area contributed by atoms with E-state index in [2.05, 4.69) is 28.1 Å². The van der Waals surface area contributed by atoms with Crippen LogP contribution in [0.2, 0.25) is 0 Å². The molecule has 3 rings (SSSR count). The minimum Gasteiger partial charge on any atom is -0.484 e. The molecule has 0 spiro atoms. The molecule has 1 atom stereocenters. The lowest BCUT2D eigenvalue weighted by atomic mass is 9.94. The SMILES string of the molecule is O=C(COc1ccc(CCNC(=O)NCC2CC=CCC2)cc1)NC1CC1. The zero-order valence-electron chi connectivity index (χ0n) is 15.7. The second kappa shape index (κ2) is 10.00. The summed E-state index contributed by atoms with van der Waals surface area (Å²) in [6, 6.07) is 7.88. The summed E-state index contributed by atoms with van der Waals surface area (Å²) in [5.41, 5.74) is 1.11. The molecule has 3 N–H and O–H groups in total. The average Bonchev–Trinajstić information content (AvgIpc) is 3.50. The van der Waals surface area contributed by atoms with Crippen LogP contribution < -0.4 is 20.7 Å². The van der Waals surface area contributed by atoms with Gasteiger partial charge < -0.3 is 20.7 Å². The van der Waals surface area contributed by atoms with Crippen molar-refractivity contribution in [1.29, 1.82) is 0 Å². The van der Waals surface area contributed by atoms with Gasteiger partial charge in [-0.3, -0.25) is 4.79 Å². The summed E-state index contributed by atoms with van der Waals surface area (Å²) in [4.78, 5) is 23.5. The van der Waals surface area contributed by atoms with Crippen molar-refractivity contribution in [2.75, 3.05) is 19.7 Å². The van der Waals surface area contributed by atoms with E-state index < -0.39 is 0 Å². The van der Waals surface area contributed by atoms with E-state index >= 15 is 0 Å². The van der Waals surface area contributed by atoms with E-state index in [-0.39, 0.29) is 18.5 Å². The molecule has 3 amide bonds. The fourth-order valence-electron chi connectivity index (χ4n) is 3.06. The molecule has 6 nitrogen and oxygen atoms in total. The maximum atomic E-state index is 11.9. The van der Waals surface area contributed by atoms with Crippen molar-refractivity contribution in [2.45, 2.75) is 44.6 Å². The number of nitrogens with one attached hydrogen (secondary N) is 3. The summed E-state index contributed by atoms with van der Waals surface area (Å²) in [6.45, 7) is 1.37. The Morgan fingerprint density at radius 1 is 1.04 bits per heavy atom. The van der Waals surface area contributed by atoms with Crippen molar-refractivity contribution < 1.29 is 14.3 Å². The zero-order chi connectivity index (χ0) is 18.9.